The average molecular weight is 512 g/mol. The van der Waals surface area contributed by atoms with Crippen LogP contribution >= 0.6 is 0 Å². The van der Waals surface area contributed by atoms with Crippen LogP contribution < -0.4 is 20.7 Å². The highest BCUT2D eigenvalue weighted by Gasteiger charge is 2.34. The molecule has 1 unspecified atom stereocenters. The molecule has 3 heterocycles. The first kappa shape index (κ1) is 25.9. The van der Waals surface area contributed by atoms with Gasteiger partial charge in [0.25, 0.3) is 5.91 Å². The molecule has 0 aliphatic carbocycles. The lowest BCUT2D eigenvalue weighted by Gasteiger charge is -2.28. The van der Waals surface area contributed by atoms with Gasteiger partial charge in [-0.05, 0) is 93.8 Å². The smallest absolute Gasteiger partial charge is 0.258 e. The Bertz CT molecular complexity index is 1110. The van der Waals surface area contributed by atoms with E-state index in [0.29, 0.717) is 24.0 Å². The highest BCUT2D eigenvalue weighted by Crippen LogP contribution is 2.37. The van der Waals surface area contributed by atoms with Crippen LogP contribution in [0.3, 0.4) is 0 Å². The maximum absolute atomic E-state index is 14.8. The Morgan fingerprint density at radius 1 is 1.19 bits per heavy atom. The fraction of sp³-hybridized carbons (Fsp3) is 0.552. The summed E-state index contributed by atoms with van der Waals surface area (Å²) in [5, 5.41) is 10.2. The number of rotatable bonds is 9. The summed E-state index contributed by atoms with van der Waals surface area (Å²) in [5.41, 5.74) is 3.86. The number of ether oxygens (including phenoxy) is 3. The molecule has 3 aliphatic heterocycles. The van der Waals surface area contributed by atoms with Crippen LogP contribution in [0.4, 0.5) is 15.8 Å². The Morgan fingerprint density at radius 2 is 2.03 bits per heavy atom. The van der Waals surface area contributed by atoms with E-state index in [2.05, 4.69) is 22.9 Å². The topological polar surface area (TPSA) is 80.9 Å². The maximum Gasteiger partial charge on any atom is 0.258 e. The van der Waals surface area contributed by atoms with Crippen LogP contribution in [0.2, 0.25) is 0 Å². The molecular weight excluding hydrogens is 473 g/mol. The van der Waals surface area contributed by atoms with E-state index in [9.17, 15) is 9.18 Å². The van der Waals surface area contributed by atoms with Crippen molar-refractivity contribution in [1.82, 2.24) is 5.32 Å². The van der Waals surface area contributed by atoms with E-state index in [-0.39, 0.29) is 17.2 Å². The van der Waals surface area contributed by atoms with Crippen LogP contribution in [0.25, 0.3) is 0 Å². The zero-order chi connectivity index (χ0) is 25.8. The number of fused-ring (bicyclic) bond motifs is 1. The molecule has 37 heavy (non-hydrogen) atoms. The van der Waals surface area contributed by atoms with Crippen molar-refractivity contribution >= 4 is 17.3 Å². The molecule has 2 aromatic carbocycles. The average Bonchev–Trinajstić information content (AvgIpc) is 3.53. The predicted molar refractivity (Wildman–Crippen MR) is 142 cm³/mol. The van der Waals surface area contributed by atoms with Gasteiger partial charge in [0.15, 0.2) is 0 Å². The molecule has 5 rings (SSSR count). The van der Waals surface area contributed by atoms with Gasteiger partial charge in [0.1, 0.15) is 18.2 Å². The van der Waals surface area contributed by atoms with E-state index in [1.165, 1.54) is 17.7 Å². The van der Waals surface area contributed by atoms with E-state index in [1.54, 1.807) is 6.07 Å². The first-order valence-corrected chi connectivity index (χ1v) is 13.4. The van der Waals surface area contributed by atoms with Gasteiger partial charge in [-0.3, -0.25) is 4.79 Å². The molecule has 0 bridgehead atoms. The molecule has 3 aliphatic rings. The third kappa shape index (κ3) is 6.25. The van der Waals surface area contributed by atoms with E-state index in [1.807, 2.05) is 19.1 Å². The number of anilines is 2. The fourth-order valence-corrected chi connectivity index (χ4v) is 5.53. The molecule has 0 radical (unpaired) electrons. The third-order valence-electron chi connectivity index (χ3n) is 7.78. The van der Waals surface area contributed by atoms with E-state index >= 15 is 0 Å². The summed E-state index contributed by atoms with van der Waals surface area (Å²) >= 11 is 0. The van der Waals surface area contributed by atoms with Crippen LogP contribution in [0.1, 0.15) is 54.1 Å². The second-order valence-electron chi connectivity index (χ2n) is 10.9. The van der Waals surface area contributed by atoms with Crippen molar-refractivity contribution in [1.29, 1.82) is 0 Å². The maximum atomic E-state index is 14.8. The summed E-state index contributed by atoms with van der Waals surface area (Å²) in [5.74, 6) is -0.00913. The van der Waals surface area contributed by atoms with Gasteiger partial charge in [-0.1, -0.05) is 0 Å². The number of amides is 1. The van der Waals surface area contributed by atoms with Crippen molar-refractivity contribution in [3.05, 3.63) is 52.8 Å². The number of benzene rings is 2. The predicted octanol–water partition coefficient (Wildman–Crippen LogP) is 4.69. The number of nitrogens with one attached hydrogen (secondary N) is 3. The number of carbonyl (C=O) groups excluding carboxylic acids is 1. The third-order valence-corrected chi connectivity index (χ3v) is 7.78. The molecule has 0 spiro atoms. The van der Waals surface area contributed by atoms with Crippen molar-refractivity contribution in [2.75, 3.05) is 50.2 Å². The van der Waals surface area contributed by atoms with Crippen molar-refractivity contribution < 1.29 is 23.4 Å². The van der Waals surface area contributed by atoms with Gasteiger partial charge in [0, 0.05) is 43.8 Å². The zero-order valence-electron chi connectivity index (χ0n) is 21.8. The molecule has 0 aromatic heterocycles. The van der Waals surface area contributed by atoms with Gasteiger partial charge in [0.05, 0.1) is 17.2 Å². The normalized spacial score (nSPS) is 23.5. The minimum atomic E-state index is -0.606. The number of halogens is 1. The SMILES string of the molecule is Cc1c(NC(=O)c2ccc(OC[C@@H]3CCCO3)cc2F)ccc2c1CC(C)(CNCC1CCOCC1)N2. The van der Waals surface area contributed by atoms with Crippen LogP contribution in [-0.4, -0.2) is 57.1 Å². The Morgan fingerprint density at radius 3 is 2.78 bits per heavy atom. The second-order valence-corrected chi connectivity index (χ2v) is 10.9. The Balaban J connectivity index is 1.18. The van der Waals surface area contributed by atoms with Gasteiger partial charge < -0.3 is 30.2 Å². The van der Waals surface area contributed by atoms with Gasteiger partial charge >= 0.3 is 0 Å². The molecule has 1 amide bonds. The van der Waals surface area contributed by atoms with Gasteiger partial charge in [-0.2, -0.15) is 0 Å². The molecule has 0 saturated carbocycles. The number of carbonyl (C=O) groups is 1. The highest BCUT2D eigenvalue weighted by molar-refractivity contribution is 6.05. The van der Waals surface area contributed by atoms with Crippen LogP contribution in [0.15, 0.2) is 30.3 Å². The van der Waals surface area contributed by atoms with Crippen molar-refractivity contribution in [2.45, 2.75) is 57.6 Å². The first-order chi connectivity index (χ1) is 17.9. The van der Waals surface area contributed by atoms with Crippen molar-refractivity contribution in [2.24, 2.45) is 5.92 Å². The summed E-state index contributed by atoms with van der Waals surface area (Å²) in [6.07, 6.45) is 5.10. The van der Waals surface area contributed by atoms with E-state index in [0.717, 1.165) is 76.3 Å². The molecule has 2 aromatic rings. The standard InChI is InChI=1S/C29H38FN3O4/c1-19-24-15-29(2,18-31-16-20-9-12-35-13-10-20)33-27(24)8-7-26(19)32-28(34)23-6-5-21(14-25(23)30)37-17-22-4-3-11-36-22/h5-8,14,20,22,31,33H,3-4,9-13,15-18H2,1-2H3,(H,32,34)/t22-,29?/m0/s1. The summed E-state index contributed by atoms with van der Waals surface area (Å²) in [4.78, 5) is 12.9. The molecule has 7 nitrogen and oxygen atoms in total. The molecule has 2 fully saturated rings. The Kier molecular flexibility index (Phi) is 7.98. The molecule has 200 valence electrons. The van der Waals surface area contributed by atoms with E-state index in [4.69, 9.17) is 14.2 Å². The highest BCUT2D eigenvalue weighted by atomic mass is 19.1. The van der Waals surface area contributed by atoms with E-state index < -0.39 is 11.7 Å². The largest absolute Gasteiger partial charge is 0.491 e. The monoisotopic (exact) mass is 511 g/mol. The first-order valence-electron chi connectivity index (χ1n) is 13.4. The minimum Gasteiger partial charge on any atom is -0.491 e. The van der Waals surface area contributed by atoms with Crippen molar-refractivity contribution in [3.63, 3.8) is 0 Å². The fourth-order valence-electron chi connectivity index (χ4n) is 5.53. The number of hydrogen-bond donors (Lipinski definition) is 3. The molecule has 2 saturated heterocycles. The summed E-state index contributed by atoms with van der Waals surface area (Å²) in [6, 6.07) is 8.26. The van der Waals surface area contributed by atoms with Gasteiger partial charge in [-0.25, -0.2) is 4.39 Å². The summed E-state index contributed by atoms with van der Waals surface area (Å²) < 4.78 is 31.4. The molecule has 8 heteroatoms. The van der Waals surface area contributed by atoms with Gasteiger partial charge in [0.2, 0.25) is 0 Å². The molecule has 3 N–H and O–H groups in total. The second kappa shape index (κ2) is 11.4. The Hall–Kier alpha value is -2.68. The quantitative estimate of drug-likeness (QED) is 0.453. The van der Waals surface area contributed by atoms with Crippen LogP contribution in [-0.2, 0) is 15.9 Å². The summed E-state index contributed by atoms with van der Waals surface area (Å²) in [7, 11) is 0. The Labute approximate surface area is 218 Å². The van der Waals surface area contributed by atoms with Gasteiger partial charge in [-0.15, -0.1) is 0 Å². The summed E-state index contributed by atoms with van der Waals surface area (Å²) in [6.45, 7) is 8.93. The lowest BCUT2D eigenvalue weighted by atomic mass is 9.94. The van der Waals surface area contributed by atoms with Crippen molar-refractivity contribution in [3.8, 4) is 5.75 Å². The number of hydrogen-bond acceptors (Lipinski definition) is 6. The lowest BCUT2D eigenvalue weighted by molar-refractivity contribution is 0.0661. The van der Waals surface area contributed by atoms with Crippen LogP contribution in [0, 0.1) is 18.7 Å². The zero-order valence-corrected chi connectivity index (χ0v) is 21.8. The lowest BCUT2D eigenvalue weighted by Crippen LogP contribution is -2.45. The molecular formula is C29H38FN3O4. The van der Waals surface area contributed by atoms with Crippen LogP contribution in [0.5, 0.6) is 5.75 Å². The molecule has 2 atom stereocenters. The minimum absolute atomic E-state index is 0.00959.